The van der Waals surface area contributed by atoms with E-state index in [0.29, 0.717) is 12.6 Å². The molecule has 2 aromatic rings. The van der Waals surface area contributed by atoms with Gasteiger partial charge in [0.2, 0.25) is 0 Å². The number of nitrogens with two attached hydrogens (primary N) is 1. The fraction of sp³-hybridized carbons (Fsp3) is 0.467. The summed E-state index contributed by atoms with van der Waals surface area (Å²) in [6.45, 7) is 6.61. The molecule has 0 saturated carbocycles. The first kappa shape index (κ1) is 14.5. The van der Waals surface area contributed by atoms with Crippen molar-refractivity contribution >= 4 is 0 Å². The summed E-state index contributed by atoms with van der Waals surface area (Å²) in [5.74, 6) is 0.748. The van der Waals surface area contributed by atoms with Crippen molar-refractivity contribution in [1.29, 1.82) is 0 Å². The third-order valence-corrected chi connectivity index (χ3v) is 2.91. The van der Waals surface area contributed by atoms with Gasteiger partial charge in [-0.1, -0.05) is 0 Å². The maximum absolute atomic E-state index is 5.74. The molecule has 0 bridgehead atoms. The Morgan fingerprint density at radius 2 is 2.00 bits per heavy atom. The first-order valence-corrected chi connectivity index (χ1v) is 6.92. The second kappa shape index (κ2) is 6.52. The molecule has 0 aliphatic rings. The molecule has 2 rings (SSSR count). The molecule has 0 amide bonds. The van der Waals surface area contributed by atoms with Crippen LogP contribution in [0.5, 0.6) is 5.75 Å². The first-order chi connectivity index (χ1) is 9.54. The topological polar surface area (TPSA) is 66.0 Å². The molecule has 2 N–H and O–H groups in total. The third-order valence-electron chi connectivity index (χ3n) is 2.91. The quantitative estimate of drug-likeness (QED) is 0.878. The number of hydrogen-bond acceptors (Lipinski definition) is 4. The van der Waals surface area contributed by atoms with Gasteiger partial charge in [0.15, 0.2) is 0 Å². The lowest BCUT2D eigenvalue weighted by atomic mass is 10.2. The molecule has 0 radical (unpaired) electrons. The predicted octanol–water partition coefficient (Wildman–Crippen LogP) is 2.33. The predicted molar refractivity (Wildman–Crippen MR) is 78.5 cm³/mol. The zero-order valence-electron chi connectivity index (χ0n) is 12.3. The van der Waals surface area contributed by atoms with Crippen LogP contribution in [0.2, 0.25) is 0 Å². The van der Waals surface area contributed by atoms with E-state index in [1.165, 1.54) is 0 Å². The summed E-state index contributed by atoms with van der Waals surface area (Å²) in [6, 6.07) is 6.32. The average molecular weight is 274 g/mol. The number of pyridine rings is 1. The third kappa shape index (κ3) is 4.06. The molecule has 2 aromatic heterocycles. The summed E-state index contributed by atoms with van der Waals surface area (Å²) in [6.07, 6.45) is 4.48. The van der Waals surface area contributed by atoms with Crippen molar-refractivity contribution in [2.75, 3.05) is 0 Å². The van der Waals surface area contributed by atoms with Gasteiger partial charge in [0, 0.05) is 30.4 Å². The summed E-state index contributed by atoms with van der Waals surface area (Å²) < 4.78 is 7.59. The minimum atomic E-state index is 0.120. The lowest BCUT2D eigenvalue weighted by Gasteiger charge is -2.07. The molecule has 0 aromatic carbocycles. The van der Waals surface area contributed by atoms with Crippen molar-refractivity contribution in [2.45, 2.75) is 45.9 Å². The van der Waals surface area contributed by atoms with Gasteiger partial charge in [-0.3, -0.25) is 9.67 Å². The Hall–Kier alpha value is -1.88. The van der Waals surface area contributed by atoms with Gasteiger partial charge in [0.25, 0.3) is 0 Å². The Kier molecular flexibility index (Phi) is 4.74. The van der Waals surface area contributed by atoms with E-state index < -0.39 is 0 Å². The maximum atomic E-state index is 5.74. The van der Waals surface area contributed by atoms with E-state index in [-0.39, 0.29) is 6.04 Å². The van der Waals surface area contributed by atoms with Gasteiger partial charge < -0.3 is 10.5 Å². The van der Waals surface area contributed by atoms with Crippen LogP contribution in [0.4, 0.5) is 0 Å². The Morgan fingerprint density at radius 3 is 2.55 bits per heavy atom. The zero-order valence-corrected chi connectivity index (χ0v) is 12.3. The van der Waals surface area contributed by atoms with E-state index >= 15 is 0 Å². The number of rotatable bonds is 6. The van der Waals surface area contributed by atoms with E-state index in [1.54, 1.807) is 6.20 Å². The lowest BCUT2D eigenvalue weighted by Crippen LogP contribution is -2.18. The summed E-state index contributed by atoms with van der Waals surface area (Å²) in [4.78, 5) is 4.33. The van der Waals surface area contributed by atoms with Gasteiger partial charge in [0.05, 0.1) is 11.9 Å². The molecule has 2 heterocycles. The molecule has 1 unspecified atom stereocenters. The van der Waals surface area contributed by atoms with Crippen LogP contribution in [0.1, 0.15) is 38.2 Å². The van der Waals surface area contributed by atoms with Crippen molar-refractivity contribution in [1.82, 2.24) is 14.8 Å². The van der Waals surface area contributed by atoms with Gasteiger partial charge in [-0.15, -0.1) is 0 Å². The molecule has 5 heteroatoms. The van der Waals surface area contributed by atoms with Crippen LogP contribution in [-0.2, 0) is 13.0 Å². The molecule has 108 valence electrons. The highest BCUT2D eigenvalue weighted by Crippen LogP contribution is 2.12. The SMILES string of the molecule is CC(N)Cc1ccc(OCc2ccn(C(C)C)n2)cn1. The van der Waals surface area contributed by atoms with Gasteiger partial charge in [0.1, 0.15) is 12.4 Å². The lowest BCUT2D eigenvalue weighted by molar-refractivity contribution is 0.297. The van der Waals surface area contributed by atoms with Crippen molar-refractivity contribution in [3.63, 3.8) is 0 Å². The van der Waals surface area contributed by atoms with Gasteiger partial charge in [-0.2, -0.15) is 5.10 Å². The molecule has 0 saturated heterocycles. The average Bonchev–Trinajstić information content (AvgIpc) is 2.86. The highest BCUT2D eigenvalue weighted by atomic mass is 16.5. The van der Waals surface area contributed by atoms with Crippen LogP contribution in [0.3, 0.4) is 0 Å². The number of nitrogens with zero attached hydrogens (tertiary/aromatic N) is 3. The van der Waals surface area contributed by atoms with Gasteiger partial charge in [-0.05, 0) is 39.0 Å². The maximum Gasteiger partial charge on any atom is 0.138 e. The smallest absolute Gasteiger partial charge is 0.138 e. The first-order valence-electron chi connectivity index (χ1n) is 6.92. The Morgan fingerprint density at radius 1 is 1.20 bits per heavy atom. The van der Waals surface area contributed by atoms with Crippen molar-refractivity contribution in [2.24, 2.45) is 5.73 Å². The summed E-state index contributed by atoms with van der Waals surface area (Å²) >= 11 is 0. The van der Waals surface area contributed by atoms with Crippen LogP contribution in [-0.4, -0.2) is 20.8 Å². The van der Waals surface area contributed by atoms with Crippen LogP contribution in [0, 0.1) is 0 Å². The molecule has 20 heavy (non-hydrogen) atoms. The monoisotopic (exact) mass is 274 g/mol. The van der Waals surface area contributed by atoms with Crippen LogP contribution in [0.25, 0.3) is 0 Å². The van der Waals surface area contributed by atoms with Crippen LogP contribution in [0.15, 0.2) is 30.6 Å². The van der Waals surface area contributed by atoms with Crippen LogP contribution < -0.4 is 10.5 Å². The van der Waals surface area contributed by atoms with E-state index in [4.69, 9.17) is 10.5 Å². The van der Waals surface area contributed by atoms with E-state index in [2.05, 4.69) is 23.9 Å². The Balaban J connectivity index is 1.90. The molecule has 0 aliphatic heterocycles. The Bertz CT molecular complexity index is 531. The Labute approximate surface area is 119 Å². The second-order valence-electron chi connectivity index (χ2n) is 5.34. The molecule has 0 spiro atoms. The second-order valence-corrected chi connectivity index (χ2v) is 5.34. The van der Waals surface area contributed by atoms with E-state index in [9.17, 15) is 0 Å². The number of ether oxygens (including phenoxy) is 1. The number of hydrogen-bond donors (Lipinski definition) is 1. The highest BCUT2D eigenvalue weighted by Gasteiger charge is 2.04. The summed E-state index contributed by atoms with van der Waals surface area (Å²) in [7, 11) is 0. The van der Waals surface area contributed by atoms with E-state index in [1.807, 2.05) is 36.0 Å². The largest absolute Gasteiger partial charge is 0.486 e. The zero-order chi connectivity index (χ0) is 14.5. The summed E-state index contributed by atoms with van der Waals surface area (Å²) in [5, 5.41) is 4.44. The van der Waals surface area contributed by atoms with Crippen molar-refractivity contribution in [3.05, 3.63) is 42.0 Å². The van der Waals surface area contributed by atoms with Crippen molar-refractivity contribution < 1.29 is 4.74 Å². The number of aromatic nitrogens is 3. The molecular formula is C15H22N4O. The molecule has 0 fully saturated rings. The van der Waals surface area contributed by atoms with Gasteiger partial charge in [-0.25, -0.2) is 0 Å². The molecular weight excluding hydrogens is 252 g/mol. The molecule has 0 aliphatic carbocycles. The molecule has 5 nitrogen and oxygen atoms in total. The fourth-order valence-electron chi connectivity index (χ4n) is 1.85. The minimum Gasteiger partial charge on any atom is -0.486 e. The highest BCUT2D eigenvalue weighted by molar-refractivity contribution is 5.20. The van der Waals surface area contributed by atoms with Crippen molar-refractivity contribution in [3.8, 4) is 5.75 Å². The van der Waals surface area contributed by atoms with E-state index in [0.717, 1.165) is 23.6 Å². The van der Waals surface area contributed by atoms with Crippen LogP contribution >= 0.6 is 0 Å². The minimum absolute atomic E-state index is 0.120. The molecule has 1 atom stereocenters. The normalized spacial score (nSPS) is 12.7. The fourth-order valence-corrected chi connectivity index (χ4v) is 1.85. The standard InChI is InChI=1S/C15H22N4O/c1-11(2)19-7-6-14(18-19)10-20-15-5-4-13(17-9-15)8-12(3)16/h4-7,9,11-12H,8,10,16H2,1-3H3. The van der Waals surface area contributed by atoms with Gasteiger partial charge >= 0.3 is 0 Å². The summed E-state index contributed by atoms with van der Waals surface area (Å²) in [5.41, 5.74) is 7.64.